The smallest absolute Gasteiger partial charge is 0.329 e. The van der Waals surface area contributed by atoms with Crippen LogP contribution in [0.4, 0.5) is 4.39 Å². The van der Waals surface area contributed by atoms with E-state index >= 15 is 0 Å². The number of para-hydroxylation sites is 1. The predicted molar refractivity (Wildman–Crippen MR) is 122 cm³/mol. The van der Waals surface area contributed by atoms with Gasteiger partial charge in [-0.2, -0.15) is 5.10 Å². The molecule has 1 atom stereocenters. The Morgan fingerprint density at radius 3 is 2.42 bits per heavy atom. The Morgan fingerprint density at radius 1 is 1.00 bits per heavy atom. The van der Waals surface area contributed by atoms with Crippen LogP contribution in [0, 0.1) is 5.82 Å². The third-order valence-electron chi connectivity index (χ3n) is 4.75. The van der Waals surface area contributed by atoms with E-state index in [0.717, 1.165) is 11.1 Å². The van der Waals surface area contributed by atoms with Gasteiger partial charge in [0.25, 0.3) is 0 Å². The minimum atomic E-state index is -0.897. The number of ether oxygens (including phenoxy) is 2. The lowest BCUT2D eigenvalue weighted by Gasteiger charge is -2.14. The summed E-state index contributed by atoms with van der Waals surface area (Å²) in [4.78, 5) is 24.3. The molecule has 2 amide bonds. The highest BCUT2D eigenvalue weighted by Gasteiger charge is 2.16. The van der Waals surface area contributed by atoms with Crippen LogP contribution in [0.15, 0.2) is 77.9 Å². The number of hydrogen-bond donors (Lipinski definition) is 2. The maximum Gasteiger partial charge on any atom is 0.329 e. The number of rotatable bonds is 8. The number of nitrogens with one attached hydrogen (secondary N) is 2. The van der Waals surface area contributed by atoms with Crippen LogP contribution < -0.4 is 20.2 Å². The van der Waals surface area contributed by atoms with Crippen molar-refractivity contribution in [2.75, 3.05) is 7.11 Å². The highest BCUT2D eigenvalue weighted by Crippen LogP contribution is 2.30. The molecule has 0 heterocycles. The molecule has 0 saturated carbocycles. The average molecular weight is 449 g/mol. The molecule has 2 N–H and O–H groups in total. The number of carbonyl (C=O) groups excluding carboxylic acids is 2. The van der Waals surface area contributed by atoms with E-state index in [1.54, 1.807) is 37.3 Å². The van der Waals surface area contributed by atoms with Gasteiger partial charge in [-0.1, -0.05) is 48.5 Å². The van der Waals surface area contributed by atoms with Gasteiger partial charge in [0.2, 0.25) is 0 Å². The van der Waals surface area contributed by atoms with Crippen LogP contribution in [0.3, 0.4) is 0 Å². The quantitative estimate of drug-likeness (QED) is 0.312. The number of amides is 2. The molecule has 0 spiro atoms. The number of carbonyl (C=O) groups is 2. The molecule has 170 valence electrons. The predicted octanol–water partition coefficient (Wildman–Crippen LogP) is 3.74. The maximum atomic E-state index is 13.1. The first-order valence-corrected chi connectivity index (χ1v) is 10.2. The molecule has 7 nitrogen and oxygen atoms in total. The minimum Gasteiger partial charge on any atom is -0.493 e. The first-order chi connectivity index (χ1) is 16.0. The van der Waals surface area contributed by atoms with Crippen molar-refractivity contribution in [3.05, 3.63) is 95.3 Å². The second-order valence-electron chi connectivity index (χ2n) is 7.10. The normalized spacial score (nSPS) is 11.6. The van der Waals surface area contributed by atoms with Gasteiger partial charge in [0.05, 0.1) is 19.4 Å². The van der Waals surface area contributed by atoms with Crippen LogP contribution in [-0.2, 0) is 16.2 Å². The van der Waals surface area contributed by atoms with Crippen molar-refractivity contribution in [3.8, 4) is 11.5 Å². The summed E-state index contributed by atoms with van der Waals surface area (Å²) in [6.07, 6.45) is 1.36. The van der Waals surface area contributed by atoms with E-state index in [9.17, 15) is 14.0 Å². The van der Waals surface area contributed by atoms with Crippen molar-refractivity contribution >= 4 is 18.0 Å². The molecule has 33 heavy (non-hydrogen) atoms. The summed E-state index contributed by atoms with van der Waals surface area (Å²) in [5.74, 6) is -1.18. The number of nitrogens with zero attached hydrogens (tertiary/aromatic N) is 1. The third-order valence-corrected chi connectivity index (χ3v) is 4.75. The highest BCUT2D eigenvalue weighted by molar-refractivity contribution is 6.35. The molecule has 3 aromatic carbocycles. The third kappa shape index (κ3) is 6.64. The topological polar surface area (TPSA) is 89.0 Å². The number of halogens is 1. The zero-order chi connectivity index (χ0) is 23.6. The maximum absolute atomic E-state index is 13.1. The molecular weight excluding hydrogens is 425 g/mol. The molecule has 0 fully saturated rings. The summed E-state index contributed by atoms with van der Waals surface area (Å²) in [5, 5.41) is 6.50. The fourth-order valence-corrected chi connectivity index (χ4v) is 2.98. The molecule has 0 saturated heterocycles. The lowest BCUT2D eigenvalue weighted by Crippen LogP contribution is -2.39. The zero-order valence-corrected chi connectivity index (χ0v) is 18.2. The fraction of sp³-hybridized carbons (Fsp3) is 0.160. The molecule has 0 aromatic heterocycles. The Labute approximate surface area is 191 Å². The second kappa shape index (κ2) is 11.4. The van der Waals surface area contributed by atoms with E-state index in [1.807, 2.05) is 30.3 Å². The summed E-state index contributed by atoms with van der Waals surface area (Å²) in [6, 6.07) is 20.1. The zero-order valence-electron chi connectivity index (χ0n) is 18.2. The van der Waals surface area contributed by atoms with E-state index in [4.69, 9.17) is 9.47 Å². The fourth-order valence-electron chi connectivity index (χ4n) is 2.98. The van der Waals surface area contributed by atoms with E-state index in [0.29, 0.717) is 17.1 Å². The van der Waals surface area contributed by atoms with Crippen LogP contribution >= 0.6 is 0 Å². The van der Waals surface area contributed by atoms with Crippen molar-refractivity contribution in [1.29, 1.82) is 0 Å². The molecule has 8 heteroatoms. The van der Waals surface area contributed by atoms with E-state index < -0.39 is 11.8 Å². The Morgan fingerprint density at radius 2 is 1.73 bits per heavy atom. The van der Waals surface area contributed by atoms with Crippen molar-refractivity contribution in [1.82, 2.24) is 10.7 Å². The van der Waals surface area contributed by atoms with Gasteiger partial charge >= 0.3 is 11.8 Å². The molecule has 3 rings (SSSR count). The number of benzene rings is 3. The van der Waals surface area contributed by atoms with Gasteiger partial charge in [0, 0.05) is 5.56 Å². The van der Waals surface area contributed by atoms with Gasteiger partial charge < -0.3 is 14.8 Å². The SMILES string of the molecule is COc1cccc(/C=N\NC(=O)C(=O)N[C@@H](C)c2ccccc2)c1OCc1ccc(F)cc1. The molecule has 0 aliphatic heterocycles. The minimum absolute atomic E-state index is 0.174. The van der Waals surface area contributed by atoms with Gasteiger partial charge in [0.1, 0.15) is 12.4 Å². The molecule has 3 aromatic rings. The van der Waals surface area contributed by atoms with Crippen LogP contribution in [0.25, 0.3) is 0 Å². The molecule has 0 aliphatic rings. The number of hydrogen-bond acceptors (Lipinski definition) is 5. The first kappa shape index (κ1) is 23.5. The van der Waals surface area contributed by atoms with Gasteiger partial charge in [-0.25, -0.2) is 9.82 Å². The molecular formula is C25H24FN3O4. The van der Waals surface area contributed by atoms with E-state index in [1.165, 1.54) is 25.5 Å². The van der Waals surface area contributed by atoms with Crippen LogP contribution in [0.1, 0.15) is 29.7 Å². The van der Waals surface area contributed by atoms with Crippen molar-refractivity contribution < 1.29 is 23.5 Å². The lowest BCUT2D eigenvalue weighted by molar-refractivity contribution is -0.139. The first-order valence-electron chi connectivity index (χ1n) is 10.2. The van der Waals surface area contributed by atoms with E-state index in [-0.39, 0.29) is 18.5 Å². The van der Waals surface area contributed by atoms with Gasteiger partial charge in [-0.15, -0.1) is 0 Å². The molecule has 0 unspecified atom stereocenters. The summed E-state index contributed by atoms with van der Waals surface area (Å²) < 4.78 is 24.3. The largest absolute Gasteiger partial charge is 0.493 e. The lowest BCUT2D eigenvalue weighted by atomic mass is 10.1. The van der Waals surface area contributed by atoms with Gasteiger partial charge in [-0.05, 0) is 42.3 Å². The summed E-state index contributed by atoms with van der Waals surface area (Å²) in [7, 11) is 1.50. The Bertz CT molecular complexity index is 1120. The molecule has 0 aliphatic carbocycles. The monoisotopic (exact) mass is 449 g/mol. The Kier molecular flexibility index (Phi) is 8.13. The van der Waals surface area contributed by atoms with Crippen molar-refractivity contribution in [3.63, 3.8) is 0 Å². The van der Waals surface area contributed by atoms with Crippen molar-refractivity contribution in [2.45, 2.75) is 19.6 Å². The van der Waals surface area contributed by atoms with Crippen LogP contribution in [-0.4, -0.2) is 25.1 Å². The average Bonchev–Trinajstić information content (AvgIpc) is 2.84. The van der Waals surface area contributed by atoms with Crippen molar-refractivity contribution in [2.24, 2.45) is 5.10 Å². The van der Waals surface area contributed by atoms with Crippen LogP contribution in [0.5, 0.6) is 11.5 Å². The number of hydrazone groups is 1. The van der Waals surface area contributed by atoms with E-state index in [2.05, 4.69) is 15.8 Å². The standard InChI is InChI=1S/C25H24FN3O4/c1-17(19-7-4-3-5-8-19)28-24(30)25(31)29-27-15-20-9-6-10-22(32-2)23(20)33-16-18-11-13-21(26)14-12-18/h3-15,17H,16H2,1-2H3,(H,28,30)(H,29,31)/b27-15-/t17-/m0/s1. The summed E-state index contributed by atoms with van der Waals surface area (Å²) in [6.45, 7) is 1.96. The Hall–Kier alpha value is -4.20. The van der Waals surface area contributed by atoms with Crippen LogP contribution in [0.2, 0.25) is 0 Å². The van der Waals surface area contributed by atoms with Gasteiger partial charge in [0.15, 0.2) is 11.5 Å². The van der Waals surface area contributed by atoms with Gasteiger partial charge in [-0.3, -0.25) is 9.59 Å². The summed E-state index contributed by atoms with van der Waals surface area (Å²) in [5.41, 5.74) is 4.38. The molecule has 0 bridgehead atoms. The highest BCUT2D eigenvalue weighted by atomic mass is 19.1. The molecule has 0 radical (unpaired) electrons. The summed E-state index contributed by atoms with van der Waals surface area (Å²) >= 11 is 0. The second-order valence-corrected chi connectivity index (χ2v) is 7.10. The Balaban J connectivity index is 1.63. The number of methoxy groups -OCH3 is 1.